The van der Waals surface area contributed by atoms with Gasteiger partial charge in [-0.2, -0.15) is 4.99 Å². The smallest absolute Gasteiger partial charge is 0.285 e. The van der Waals surface area contributed by atoms with Crippen molar-refractivity contribution in [3.05, 3.63) is 69.0 Å². The minimum Gasteiger partial charge on any atom is -0.507 e. The number of hydrogen-bond acceptors (Lipinski definition) is 8. The Bertz CT molecular complexity index is 1250. The number of hydrogen-bond donors (Lipinski definition) is 3. The topological polar surface area (TPSA) is 99.0 Å². The van der Waals surface area contributed by atoms with E-state index in [0.717, 1.165) is 30.0 Å². The Morgan fingerprint density at radius 2 is 1.47 bits per heavy atom. The second kappa shape index (κ2) is 15.3. The third-order valence-corrected chi connectivity index (χ3v) is 7.10. The summed E-state index contributed by atoms with van der Waals surface area (Å²) in [6.45, 7) is 0. The second-order valence-corrected chi connectivity index (χ2v) is 10.1. The number of thioether (sulfide) groups is 3. The molecule has 2 aromatic rings. The SMILES string of the molecule is C.CI.CSC1=NC(=O)/C(=C\c2cc(F)ccc2O)S1.O=C1NC(=S)S/C1=C/c1cc(F)ccc1O. The number of halogens is 3. The minimum atomic E-state index is -0.476. The van der Waals surface area contributed by atoms with Crippen molar-refractivity contribution >= 4 is 103 Å². The molecule has 0 unspecified atom stereocenters. The molecule has 2 aromatic carbocycles. The summed E-state index contributed by atoms with van der Waals surface area (Å²) < 4.78 is 26.9. The van der Waals surface area contributed by atoms with Crippen molar-refractivity contribution in [2.75, 3.05) is 11.2 Å². The molecule has 0 radical (unpaired) electrons. The minimum absolute atomic E-state index is 0. The highest BCUT2D eigenvalue weighted by Crippen LogP contribution is 2.34. The molecule has 13 heteroatoms. The zero-order chi connectivity index (χ0) is 26.1. The van der Waals surface area contributed by atoms with Gasteiger partial charge in [0, 0.05) is 11.1 Å². The summed E-state index contributed by atoms with van der Waals surface area (Å²) in [5.74, 6) is -1.78. The van der Waals surface area contributed by atoms with Crippen molar-refractivity contribution in [1.29, 1.82) is 0 Å². The van der Waals surface area contributed by atoms with E-state index in [-0.39, 0.29) is 41.9 Å². The average Bonchev–Trinajstić information content (AvgIpc) is 3.35. The van der Waals surface area contributed by atoms with E-state index in [1.54, 1.807) is 0 Å². The molecular weight excluding hydrogens is 661 g/mol. The van der Waals surface area contributed by atoms with E-state index in [0.29, 0.717) is 18.5 Å². The summed E-state index contributed by atoms with van der Waals surface area (Å²) in [6, 6.07) is 7.11. The number of phenolic OH excluding ortho intramolecular Hbond substituents is 2. The van der Waals surface area contributed by atoms with Gasteiger partial charge in [0.1, 0.15) is 31.8 Å². The monoisotopic (exact) mass is 682 g/mol. The summed E-state index contributed by atoms with van der Waals surface area (Å²) >= 11 is 10.6. The van der Waals surface area contributed by atoms with Gasteiger partial charge in [-0.3, -0.25) is 9.59 Å². The average molecular weight is 683 g/mol. The highest BCUT2D eigenvalue weighted by Gasteiger charge is 2.23. The third-order valence-electron chi connectivity index (χ3n) is 3.97. The Kier molecular flexibility index (Phi) is 13.7. The first-order valence-electron chi connectivity index (χ1n) is 9.32. The van der Waals surface area contributed by atoms with Gasteiger partial charge in [0.05, 0.1) is 9.81 Å². The fraction of sp³-hybridized carbons (Fsp3) is 0.130. The van der Waals surface area contributed by atoms with Crippen LogP contribution < -0.4 is 5.32 Å². The maximum Gasteiger partial charge on any atom is 0.285 e. The lowest BCUT2D eigenvalue weighted by Gasteiger charge is -2.00. The first kappa shape index (κ1) is 32.1. The van der Waals surface area contributed by atoms with Crippen molar-refractivity contribution in [1.82, 2.24) is 5.32 Å². The fourth-order valence-corrected chi connectivity index (χ4v) is 4.91. The molecule has 4 rings (SSSR count). The Labute approximate surface area is 239 Å². The van der Waals surface area contributed by atoms with Crippen LogP contribution in [0.2, 0.25) is 0 Å². The predicted molar refractivity (Wildman–Crippen MR) is 161 cm³/mol. The number of amides is 2. The van der Waals surface area contributed by atoms with Crippen LogP contribution in [0.1, 0.15) is 18.6 Å². The van der Waals surface area contributed by atoms with Gasteiger partial charge in [-0.15, -0.1) is 11.8 Å². The van der Waals surface area contributed by atoms with E-state index in [1.165, 1.54) is 53.9 Å². The summed E-state index contributed by atoms with van der Waals surface area (Å²) in [5.41, 5.74) is 0.528. The number of rotatable bonds is 2. The van der Waals surface area contributed by atoms with E-state index < -0.39 is 11.6 Å². The van der Waals surface area contributed by atoms with Crippen molar-refractivity contribution in [3.63, 3.8) is 0 Å². The molecule has 0 aromatic heterocycles. The molecule has 2 amide bonds. The van der Waals surface area contributed by atoms with Crippen LogP contribution >= 0.6 is 70.1 Å². The van der Waals surface area contributed by atoms with Gasteiger partial charge in [-0.1, -0.05) is 65.8 Å². The lowest BCUT2D eigenvalue weighted by Crippen LogP contribution is -2.17. The van der Waals surface area contributed by atoms with Gasteiger partial charge in [0.2, 0.25) is 0 Å². The summed E-state index contributed by atoms with van der Waals surface area (Å²) in [6.07, 6.45) is 4.66. The third kappa shape index (κ3) is 9.18. The maximum absolute atomic E-state index is 13.0. The number of carbonyl (C=O) groups is 2. The first-order valence-corrected chi connectivity index (χ1v) is 14.7. The highest BCUT2D eigenvalue weighted by molar-refractivity contribution is 14.1. The number of nitrogens with one attached hydrogen (secondary N) is 1. The molecular formula is C23H21F2IN2O4S4. The number of nitrogens with zero attached hydrogens (tertiary/aromatic N) is 1. The molecule has 0 aliphatic carbocycles. The van der Waals surface area contributed by atoms with E-state index in [1.807, 2.05) is 11.2 Å². The molecule has 0 saturated carbocycles. The molecule has 2 heterocycles. The van der Waals surface area contributed by atoms with Gasteiger partial charge < -0.3 is 15.5 Å². The lowest BCUT2D eigenvalue weighted by molar-refractivity contribution is -0.115. The van der Waals surface area contributed by atoms with E-state index in [4.69, 9.17) is 12.2 Å². The van der Waals surface area contributed by atoms with Crippen LogP contribution in [-0.4, -0.2) is 41.9 Å². The number of thiocarbonyl (C=S) groups is 1. The Morgan fingerprint density at radius 3 is 1.89 bits per heavy atom. The summed E-state index contributed by atoms with van der Waals surface area (Å²) in [7, 11) is 0. The van der Waals surface area contributed by atoms with Crippen molar-refractivity contribution in [3.8, 4) is 11.5 Å². The van der Waals surface area contributed by atoms with Crippen LogP contribution in [0.4, 0.5) is 8.78 Å². The first-order chi connectivity index (χ1) is 16.7. The van der Waals surface area contributed by atoms with Gasteiger partial charge in [-0.05, 0) is 59.7 Å². The molecule has 2 aliphatic rings. The standard InChI is InChI=1S/C11H8FNO2S2.C10H6FNO2S2.CH3I.CH4/c1-16-11-13-10(15)9(17-11)5-6-4-7(12)2-3-8(6)14;11-6-1-2-7(13)5(3-6)4-8-9(14)12-10(15)16-8;1-2;/h2-5,14H,1H3;1-4,13H,(H,12,14,15);1H3;1H4/b9-5+;8-4+;;. The molecule has 0 bridgehead atoms. The predicted octanol–water partition coefficient (Wildman–Crippen LogP) is 6.57. The molecule has 1 fully saturated rings. The van der Waals surface area contributed by atoms with E-state index in [9.17, 15) is 28.6 Å². The van der Waals surface area contributed by atoms with E-state index in [2.05, 4.69) is 32.9 Å². The molecule has 0 spiro atoms. The molecule has 192 valence electrons. The number of benzene rings is 2. The molecule has 0 atom stereocenters. The lowest BCUT2D eigenvalue weighted by atomic mass is 10.2. The zero-order valence-corrected chi connectivity index (χ0v) is 23.5. The normalized spacial score (nSPS) is 16.5. The number of aliphatic imine (C=N–C) groups is 1. The van der Waals surface area contributed by atoms with Crippen LogP contribution in [0, 0.1) is 11.6 Å². The van der Waals surface area contributed by atoms with Crippen LogP contribution in [0.5, 0.6) is 11.5 Å². The zero-order valence-electron chi connectivity index (χ0n) is 18.0. The van der Waals surface area contributed by atoms with Gasteiger partial charge in [0.25, 0.3) is 11.8 Å². The Morgan fingerprint density at radius 1 is 0.972 bits per heavy atom. The van der Waals surface area contributed by atoms with Crippen LogP contribution in [-0.2, 0) is 9.59 Å². The number of phenols is 2. The quantitative estimate of drug-likeness (QED) is 0.142. The summed E-state index contributed by atoms with van der Waals surface area (Å²) in [5, 5.41) is 21.4. The molecule has 6 nitrogen and oxygen atoms in total. The molecule has 3 N–H and O–H groups in total. The van der Waals surface area contributed by atoms with Gasteiger partial charge in [-0.25, -0.2) is 8.78 Å². The largest absolute Gasteiger partial charge is 0.507 e. The number of aromatic hydroxyl groups is 2. The van der Waals surface area contributed by atoms with Crippen LogP contribution in [0.3, 0.4) is 0 Å². The summed E-state index contributed by atoms with van der Waals surface area (Å²) in [4.78, 5) is 29.3. The van der Waals surface area contributed by atoms with Crippen molar-refractivity contribution in [2.24, 2.45) is 4.99 Å². The fourth-order valence-electron chi connectivity index (χ4n) is 2.46. The van der Waals surface area contributed by atoms with Gasteiger partial charge in [0.15, 0.2) is 0 Å². The number of alkyl halides is 1. The molecule has 2 aliphatic heterocycles. The van der Waals surface area contributed by atoms with Crippen LogP contribution in [0.25, 0.3) is 12.2 Å². The van der Waals surface area contributed by atoms with Crippen molar-refractivity contribution in [2.45, 2.75) is 7.43 Å². The molecule has 36 heavy (non-hydrogen) atoms. The van der Waals surface area contributed by atoms with Crippen LogP contribution in [0.15, 0.2) is 51.2 Å². The van der Waals surface area contributed by atoms with Gasteiger partial charge >= 0.3 is 0 Å². The Hall–Kier alpha value is -1.94. The number of carbonyl (C=O) groups excluding carboxylic acids is 2. The van der Waals surface area contributed by atoms with E-state index >= 15 is 0 Å². The second-order valence-electron chi connectivity index (χ2n) is 6.26. The van der Waals surface area contributed by atoms with Crippen molar-refractivity contribution < 1.29 is 28.6 Å². The highest BCUT2D eigenvalue weighted by atomic mass is 127. The maximum atomic E-state index is 13.0. The Balaban J connectivity index is 0.000000329. The molecule has 1 saturated heterocycles.